The lowest BCUT2D eigenvalue weighted by Gasteiger charge is -2.36. The van der Waals surface area contributed by atoms with Gasteiger partial charge in [0.15, 0.2) is 6.17 Å². The molecule has 4 N–H and O–H groups in total. The second-order valence-corrected chi connectivity index (χ2v) is 7.25. The molecule has 3 unspecified atom stereocenters. The average Bonchev–Trinajstić information content (AvgIpc) is 2.72. The summed E-state index contributed by atoms with van der Waals surface area (Å²) in [6.45, 7) is 1.70. The Labute approximate surface area is 172 Å². The highest BCUT2D eigenvalue weighted by atomic mass is 19.4. The Balaban J connectivity index is 2.75. The number of rotatable bonds is 9. The molecule has 0 radical (unpaired) electrons. The van der Waals surface area contributed by atoms with Crippen LogP contribution in [0.2, 0.25) is 0 Å². The Morgan fingerprint density at radius 3 is 1.73 bits per heavy atom. The van der Waals surface area contributed by atoms with Crippen LogP contribution in [0, 0.1) is 0 Å². The maximum absolute atomic E-state index is 15.3. The summed E-state index contributed by atoms with van der Waals surface area (Å²) in [6, 6.07) is 12.6. The fourth-order valence-electron chi connectivity index (χ4n) is 3.93. The predicted molar refractivity (Wildman–Crippen MR) is 105 cm³/mol. The van der Waals surface area contributed by atoms with Crippen LogP contribution in [0.5, 0.6) is 0 Å². The van der Waals surface area contributed by atoms with E-state index in [4.69, 9.17) is 11.5 Å². The van der Waals surface area contributed by atoms with Gasteiger partial charge in [-0.3, -0.25) is 0 Å². The van der Waals surface area contributed by atoms with E-state index < -0.39 is 30.1 Å². The highest BCUT2D eigenvalue weighted by Gasteiger charge is 2.65. The van der Waals surface area contributed by atoms with Crippen molar-refractivity contribution in [2.75, 3.05) is 0 Å². The van der Waals surface area contributed by atoms with Crippen LogP contribution in [0.4, 0.5) is 26.3 Å². The van der Waals surface area contributed by atoms with Gasteiger partial charge in [-0.25, -0.2) is 4.39 Å². The van der Waals surface area contributed by atoms with Crippen LogP contribution in [-0.2, 0) is 13.1 Å². The lowest BCUT2D eigenvalue weighted by Crippen LogP contribution is -2.48. The third kappa shape index (κ3) is 4.81. The minimum Gasteiger partial charge on any atom is -0.326 e. The second-order valence-electron chi connectivity index (χ2n) is 7.25. The Morgan fingerprint density at radius 2 is 1.27 bits per heavy atom. The van der Waals surface area contributed by atoms with Crippen LogP contribution in [0.1, 0.15) is 53.9 Å². The molecule has 0 amide bonds. The van der Waals surface area contributed by atoms with Crippen molar-refractivity contribution in [1.29, 1.82) is 0 Å². The number of halogens is 6. The van der Waals surface area contributed by atoms with E-state index >= 15 is 4.39 Å². The first-order chi connectivity index (χ1) is 14.1. The zero-order chi connectivity index (χ0) is 22.5. The van der Waals surface area contributed by atoms with Crippen LogP contribution in [0.3, 0.4) is 0 Å². The third-order valence-electron chi connectivity index (χ3n) is 5.38. The van der Waals surface area contributed by atoms with E-state index in [1.807, 2.05) is 0 Å². The fourth-order valence-corrected chi connectivity index (χ4v) is 3.93. The molecule has 8 heteroatoms. The SMILES string of the molecule is CCCC(c1ccccc1CN)C(c1ccccc1CN)C(F)C(F)(F)C(F)(F)F. The molecule has 0 heterocycles. The normalized spacial score (nSPS) is 15.6. The number of nitrogens with two attached hydrogens (primary N) is 2. The molecule has 0 saturated heterocycles. The highest BCUT2D eigenvalue weighted by Crippen LogP contribution is 2.50. The second kappa shape index (κ2) is 9.83. The van der Waals surface area contributed by atoms with Gasteiger partial charge in [-0.1, -0.05) is 61.9 Å². The van der Waals surface area contributed by atoms with E-state index in [9.17, 15) is 22.0 Å². The van der Waals surface area contributed by atoms with Gasteiger partial charge in [0, 0.05) is 19.0 Å². The lowest BCUT2D eigenvalue weighted by atomic mass is 9.72. The average molecular weight is 432 g/mol. The van der Waals surface area contributed by atoms with E-state index in [1.54, 1.807) is 37.3 Å². The van der Waals surface area contributed by atoms with Crippen molar-refractivity contribution in [2.24, 2.45) is 11.5 Å². The number of hydrogen-bond donors (Lipinski definition) is 2. The summed E-state index contributed by atoms with van der Waals surface area (Å²) in [5, 5.41) is 0. The van der Waals surface area contributed by atoms with E-state index in [2.05, 4.69) is 0 Å². The van der Waals surface area contributed by atoms with Crippen LogP contribution in [0.15, 0.2) is 48.5 Å². The molecule has 0 aliphatic carbocycles. The molecule has 30 heavy (non-hydrogen) atoms. The first-order valence-electron chi connectivity index (χ1n) is 9.74. The molecular weight excluding hydrogens is 406 g/mol. The summed E-state index contributed by atoms with van der Waals surface area (Å²) in [5.41, 5.74) is 12.9. The van der Waals surface area contributed by atoms with Crippen molar-refractivity contribution < 1.29 is 26.3 Å². The predicted octanol–water partition coefficient (Wildman–Crippen LogP) is 5.81. The van der Waals surface area contributed by atoms with Gasteiger partial charge >= 0.3 is 12.1 Å². The Morgan fingerprint density at radius 1 is 0.800 bits per heavy atom. The number of hydrogen-bond acceptors (Lipinski definition) is 2. The Bertz CT molecular complexity index is 821. The number of alkyl halides is 6. The van der Waals surface area contributed by atoms with Gasteiger partial charge in [-0.2, -0.15) is 22.0 Å². The van der Waals surface area contributed by atoms with Crippen molar-refractivity contribution in [3.05, 3.63) is 70.8 Å². The summed E-state index contributed by atoms with van der Waals surface area (Å²) in [4.78, 5) is 0. The topological polar surface area (TPSA) is 52.0 Å². The molecule has 166 valence electrons. The van der Waals surface area contributed by atoms with E-state index in [0.717, 1.165) is 0 Å². The maximum Gasteiger partial charge on any atom is 0.456 e. The summed E-state index contributed by atoms with van der Waals surface area (Å²) in [7, 11) is 0. The molecule has 0 saturated carbocycles. The minimum atomic E-state index is -6.02. The zero-order valence-electron chi connectivity index (χ0n) is 16.6. The van der Waals surface area contributed by atoms with Crippen molar-refractivity contribution in [3.8, 4) is 0 Å². The van der Waals surface area contributed by atoms with Crippen molar-refractivity contribution >= 4 is 0 Å². The van der Waals surface area contributed by atoms with Crippen LogP contribution >= 0.6 is 0 Å². The standard InChI is InChI=1S/C22H26F6N2/c1-2-7-18(16-10-5-3-8-14(16)12-29)19(17-11-6-4-9-15(17)13-30)20(23)21(24,25)22(26,27)28/h3-6,8-11,18-20H,2,7,12-13,29-30H2,1H3. The first kappa shape index (κ1) is 24.2. The zero-order valence-corrected chi connectivity index (χ0v) is 16.6. The molecule has 0 bridgehead atoms. The van der Waals surface area contributed by atoms with Gasteiger partial charge in [0.1, 0.15) is 0 Å². The molecule has 0 fully saturated rings. The molecule has 2 rings (SSSR count). The summed E-state index contributed by atoms with van der Waals surface area (Å²) in [5.74, 6) is -8.22. The first-order valence-corrected chi connectivity index (χ1v) is 9.74. The molecule has 0 aromatic heterocycles. The minimum absolute atomic E-state index is 0.0499. The molecule has 3 atom stereocenters. The van der Waals surface area contributed by atoms with Crippen LogP contribution in [0.25, 0.3) is 0 Å². The summed E-state index contributed by atoms with van der Waals surface area (Å²) >= 11 is 0. The summed E-state index contributed by atoms with van der Waals surface area (Å²) in [6.07, 6.45) is -8.86. The molecule has 2 aromatic carbocycles. The molecule has 2 aromatic rings. The number of benzene rings is 2. The van der Waals surface area contributed by atoms with Gasteiger partial charge in [-0.05, 0) is 34.6 Å². The van der Waals surface area contributed by atoms with Crippen molar-refractivity contribution in [2.45, 2.75) is 63.0 Å². The van der Waals surface area contributed by atoms with Crippen LogP contribution in [-0.4, -0.2) is 18.3 Å². The molecule has 0 aliphatic heterocycles. The lowest BCUT2D eigenvalue weighted by molar-refractivity contribution is -0.306. The smallest absolute Gasteiger partial charge is 0.326 e. The Kier molecular flexibility index (Phi) is 7.93. The maximum atomic E-state index is 15.3. The van der Waals surface area contributed by atoms with E-state index in [1.165, 1.54) is 18.2 Å². The van der Waals surface area contributed by atoms with Crippen LogP contribution < -0.4 is 11.5 Å². The van der Waals surface area contributed by atoms with Crippen molar-refractivity contribution in [1.82, 2.24) is 0 Å². The Hall–Kier alpha value is -2.06. The quantitative estimate of drug-likeness (QED) is 0.492. The van der Waals surface area contributed by atoms with Gasteiger partial charge in [-0.15, -0.1) is 0 Å². The molecular formula is C22H26F6N2. The third-order valence-corrected chi connectivity index (χ3v) is 5.38. The van der Waals surface area contributed by atoms with Gasteiger partial charge in [0.25, 0.3) is 0 Å². The largest absolute Gasteiger partial charge is 0.456 e. The molecule has 0 aliphatic rings. The van der Waals surface area contributed by atoms with E-state index in [0.29, 0.717) is 23.1 Å². The van der Waals surface area contributed by atoms with Crippen molar-refractivity contribution in [3.63, 3.8) is 0 Å². The molecule has 2 nitrogen and oxygen atoms in total. The van der Waals surface area contributed by atoms with Gasteiger partial charge in [0.2, 0.25) is 0 Å². The van der Waals surface area contributed by atoms with Gasteiger partial charge < -0.3 is 11.5 Å². The van der Waals surface area contributed by atoms with Gasteiger partial charge in [0.05, 0.1) is 0 Å². The molecule has 0 spiro atoms. The fraction of sp³-hybridized carbons (Fsp3) is 0.455. The summed E-state index contributed by atoms with van der Waals surface area (Å²) < 4.78 is 83.1. The van der Waals surface area contributed by atoms with E-state index in [-0.39, 0.29) is 25.1 Å². The monoisotopic (exact) mass is 432 g/mol. The highest BCUT2D eigenvalue weighted by molar-refractivity contribution is 5.39.